The Hall–Kier alpha value is -0.370. The van der Waals surface area contributed by atoms with Gasteiger partial charge in [0.05, 0.1) is 0 Å². The van der Waals surface area contributed by atoms with E-state index >= 15 is 0 Å². The standard InChI is InChI=1S/C10H18O2/c1-3-8(2)7-9(11)10-5-4-6-12-10/h8,10H,3-7H2,1-2H3. The van der Waals surface area contributed by atoms with E-state index in [1.54, 1.807) is 0 Å². The normalized spacial score (nSPS) is 25.7. The average Bonchev–Trinajstić information content (AvgIpc) is 2.56. The summed E-state index contributed by atoms with van der Waals surface area (Å²) in [7, 11) is 0. The predicted octanol–water partition coefficient (Wildman–Crippen LogP) is 2.17. The molecular formula is C10H18O2. The lowest BCUT2D eigenvalue weighted by Gasteiger charge is -2.11. The Kier molecular flexibility index (Phi) is 3.73. The van der Waals surface area contributed by atoms with Crippen LogP contribution in [0.5, 0.6) is 0 Å². The van der Waals surface area contributed by atoms with Gasteiger partial charge in [-0.3, -0.25) is 4.79 Å². The summed E-state index contributed by atoms with van der Waals surface area (Å²) in [6.45, 7) is 5.01. The summed E-state index contributed by atoms with van der Waals surface area (Å²) in [5.41, 5.74) is 0. The van der Waals surface area contributed by atoms with Gasteiger partial charge in [0.2, 0.25) is 0 Å². The van der Waals surface area contributed by atoms with Crippen LogP contribution in [0.3, 0.4) is 0 Å². The number of carbonyl (C=O) groups excluding carboxylic acids is 1. The summed E-state index contributed by atoms with van der Waals surface area (Å²) in [4.78, 5) is 11.5. The molecule has 0 radical (unpaired) electrons. The van der Waals surface area contributed by atoms with E-state index in [0.717, 1.165) is 25.9 Å². The van der Waals surface area contributed by atoms with Gasteiger partial charge in [-0.25, -0.2) is 0 Å². The molecule has 1 rings (SSSR count). The Bertz CT molecular complexity index is 148. The minimum Gasteiger partial charge on any atom is -0.370 e. The lowest BCUT2D eigenvalue weighted by molar-refractivity contribution is -0.128. The molecule has 2 unspecified atom stereocenters. The van der Waals surface area contributed by atoms with Gasteiger partial charge in [0, 0.05) is 13.0 Å². The van der Waals surface area contributed by atoms with Crippen LogP contribution >= 0.6 is 0 Å². The first-order chi connectivity index (χ1) is 5.74. The number of rotatable bonds is 4. The summed E-state index contributed by atoms with van der Waals surface area (Å²) in [6, 6.07) is 0. The van der Waals surface area contributed by atoms with Crippen LogP contribution < -0.4 is 0 Å². The molecule has 0 aromatic rings. The lowest BCUT2D eigenvalue weighted by Crippen LogP contribution is -2.21. The van der Waals surface area contributed by atoms with Crippen molar-refractivity contribution in [2.24, 2.45) is 5.92 Å². The van der Waals surface area contributed by atoms with E-state index in [4.69, 9.17) is 4.74 Å². The second-order valence-corrected chi connectivity index (χ2v) is 3.69. The van der Waals surface area contributed by atoms with Crippen molar-refractivity contribution >= 4 is 5.78 Å². The molecule has 0 aromatic heterocycles. The summed E-state index contributed by atoms with van der Waals surface area (Å²) in [5.74, 6) is 0.823. The summed E-state index contributed by atoms with van der Waals surface area (Å²) in [5, 5.41) is 0. The Morgan fingerprint density at radius 1 is 1.67 bits per heavy atom. The van der Waals surface area contributed by atoms with Crippen molar-refractivity contribution in [3.05, 3.63) is 0 Å². The number of hydrogen-bond acceptors (Lipinski definition) is 2. The van der Waals surface area contributed by atoms with Crippen LogP contribution in [0.15, 0.2) is 0 Å². The van der Waals surface area contributed by atoms with Gasteiger partial charge in [0.15, 0.2) is 5.78 Å². The molecule has 0 aliphatic carbocycles. The Morgan fingerprint density at radius 2 is 2.42 bits per heavy atom. The highest BCUT2D eigenvalue weighted by molar-refractivity contribution is 5.83. The van der Waals surface area contributed by atoms with Crippen molar-refractivity contribution in [2.45, 2.75) is 45.6 Å². The fourth-order valence-electron chi connectivity index (χ4n) is 1.45. The van der Waals surface area contributed by atoms with E-state index < -0.39 is 0 Å². The second kappa shape index (κ2) is 4.61. The van der Waals surface area contributed by atoms with Gasteiger partial charge in [-0.2, -0.15) is 0 Å². The average molecular weight is 170 g/mol. The number of Topliss-reactive ketones (excluding diaryl/α,β-unsaturated/α-hetero) is 1. The van der Waals surface area contributed by atoms with Crippen LogP contribution in [0.2, 0.25) is 0 Å². The van der Waals surface area contributed by atoms with Crippen molar-refractivity contribution in [1.29, 1.82) is 0 Å². The first-order valence-electron chi connectivity index (χ1n) is 4.88. The summed E-state index contributed by atoms with van der Waals surface area (Å²) < 4.78 is 5.31. The van der Waals surface area contributed by atoms with Gasteiger partial charge in [-0.1, -0.05) is 20.3 Å². The molecule has 0 amide bonds. The van der Waals surface area contributed by atoms with Gasteiger partial charge in [0.1, 0.15) is 6.10 Å². The number of ketones is 1. The maximum Gasteiger partial charge on any atom is 0.161 e. The van der Waals surface area contributed by atoms with Gasteiger partial charge >= 0.3 is 0 Å². The van der Waals surface area contributed by atoms with Gasteiger partial charge in [-0.15, -0.1) is 0 Å². The Labute approximate surface area is 74.3 Å². The van der Waals surface area contributed by atoms with E-state index in [2.05, 4.69) is 13.8 Å². The quantitative estimate of drug-likeness (QED) is 0.646. The maximum atomic E-state index is 11.5. The third-order valence-electron chi connectivity index (χ3n) is 2.54. The third-order valence-corrected chi connectivity index (χ3v) is 2.54. The smallest absolute Gasteiger partial charge is 0.161 e. The highest BCUT2D eigenvalue weighted by atomic mass is 16.5. The highest BCUT2D eigenvalue weighted by Crippen LogP contribution is 2.17. The SMILES string of the molecule is CCC(C)CC(=O)C1CCCO1. The van der Waals surface area contributed by atoms with Crippen LogP contribution in [0.25, 0.3) is 0 Å². The van der Waals surface area contributed by atoms with Gasteiger partial charge < -0.3 is 4.74 Å². The molecule has 0 N–H and O–H groups in total. The molecule has 2 heteroatoms. The molecule has 1 heterocycles. The second-order valence-electron chi connectivity index (χ2n) is 3.69. The van der Waals surface area contributed by atoms with E-state index in [1.165, 1.54) is 0 Å². The number of carbonyl (C=O) groups is 1. The number of hydrogen-bond donors (Lipinski definition) is 0. The van der Waals surface area contributed by atoms with E-state index in [9.17, 15) is 4.79 Å². The molecule has 1 aliphatic rings. The molecular weight excluding hydrogens is 152 g/mol. The minimum absolute atomic E-state index is 0.0704. The van der Waals surface area contributed by atoms with Crippen LogP contribution in [0.4, 0.5) is 0 Å². The topological polar surface area (TPSA) is 26.3 Å². The first kappa shape index (κ1) is 9.72. The van der Waals surface area contributed by atoms with Crippen molar-refractivity contribution in [2.75, 3.05) is 6.61 Å². The zero-order valence-electron chi connectivity index (χ0n) is 8.01. The lowest BCUT2D eigenvalue weighted by atomic mass is 9.98. The van der Waals surface area contributed by atoms with Crippen molar-refractivity contribution in [3.8, 4) is 0 Å². The monoisotopic (exact) mass is 170 g/mol. The fourth-order valence-corrected chi connectivity index (χ4v) is 1.45. The molecule has 1 saturated heterocycles. The van der Waals surface area contributed by atoms with Crippen molar-refractivity contribution in [1.82, 2.24) is 0 Å². The van der Waals surface area contributed by atoms with Crippen molar-refractivity contribution < 1.29 is 9.53 Å². The minimum atomic E-state index is -0.0704. The third kappa shape index (κ3) is 2.59. The van der Waals surface area contributed by atoms with E-state index in [1.807, 2.05) is 0 Å². The largest absolute Gasteiger partial charge is 0.370 e. The first-order valence-corrected chi connectivity index (χ1v) is 4.88. The molecule has 1 fully saturated rings. The van der Waals surface area contributed by atoms with Gasteiger partial charge in [-0.05, 0) is 18.8 Å². The van der Waals surface area contributed by atoms with Gasteiger partial charge in [0.25, 0.3) is 0 Å². The van der Waals surface area contributed by atoms with Crippen LogP contribution in [-0.4, -0.2) is 18.5 Å². The highest BCUT2D eigenvalue weighted by Gasteiger charge is 2.23. The molecule has 0 aromatic carbocycles. The van der Waals surface area contributed by atoms with Crippen molar-refractivity contribution in [3.63, 3.8) is 0 Å². The zero-order chi connectivity index (χ0) is 8.97. The molecule has 0 saturated carbocycles. The zero-order valence-corrected chi connectivity index (χ0v) is 8.01. The molecule has 0 spiro atoms. The maximum absolute atomic E-state index is 11.5. The molecule has 70 valence electrons. The summed E-state index contributed by atoms with van der Waals surface area (Å²) >= 11 is 0. The Balaban J connectivity index is 2.27. The predicted molar refractivity (Wildman–Crippen MR) is 48.1 cm³/mol. The van der Waals surface area contributed by atoms with E-state index in [-0.39, 0.29) is 6.10 Å². The molecule has 0 bridgehead atoms. The van der Waals surface area contributed by atoms with E-state index in [0.29, 0.717) is 18.1 Å². The molecule has 2 nitrogen and oxygen atoms in total. The van der Waals surface area contributed by atoms with Crippen LogP contribution in [0, 0.1) is 5.92 Å². The Morgan fingerprint density at radius 3 is 2.92 bits per heavy atom. The van der Waals surface area contributed by atoms with Crippen LogP contribution in [0.1, 0.15) is 39.5 Å². The molecule has 1 aliphatic heterocycles. The number of ether oxygens (including phenoxy) is 1. The molecule has 12 heavy (non-hydrogen) atoms. The van der Waals surface area contributed by atoms with Crippen LogP contribution in [-0.2, 0) is 9.53 Å². The fraction of sp³-hybridized carbons (Fsp3) is 0.900. The summed E-state index contributed by atoms with van der Waals surface area (Å²) in [6.07, 6.45) is 3.70. The molecule has 2 atom stereocenters.